The maximum absolute atomic E-state index is 5.62. The van der Waals surface area contributed by atoms with Crippen LogP contribution in [0.25, 0.3) is 0 Å². The number of nitrogens with one attached hydrogen (secondary N) is 1. The Morgan fingerprint density at radius 1 is 1.31 bits per heavy atom. The molecule has 80 valence electrons. The van der Waals surface area contributed by atoms with Gasteiger partial charge < -0.3 is 16.0 Å². The maximum Gasteiger partial charge on any atom is 0.00146 e. The smallest absolute Gasteiger partial charge is 0.00146 e. The summed E-state index contributed by atoms with van der Waals surface area (Å²) < 4.78 is 0. The van der Waals surface area contributed by atoms with E-state index < -0.39 is 0 Å². The molecule has 0 aliphatic heterocycles. The van der Waals surface area contributed by atoms with Crippen LogP contribution in [-0.4, -0.2) is 45.2 Å². The van der Waals surface area contributed by atoms with E-state index in [4.69, 9.17) is 5.73 Å². The third kappa shape index (κ3) is 8.22. The van der Waals surface area contributed by atoms with E-state index in [1.165, 1.54) is 6.42 Å². The lowest BCUT2D eigenvalue weighted by molar-refractivity contribution is 0.340. The van der Waals surface area contributed by atoms with Crippen LogP contribution in [0.15, 0.2) is 0 Å². The highest BCUT2D eigenvalue weighted by Gasteiger charge is 2.13. The van der Waals surface area contributed by atoms with Crippen LogP contribution in [0.5, 0.6) is 0 Å². The second-order valence-corrected chi connectivity index (χ2v) is 4.70. The van der Waals surface area contributed by atoms with Gasteiger partial charge in [0.1, 0.15) is 0 Å². The summed E-state index contributed by atoms with van der Waals surface area (Å²) in [5.41, 5.74) is 5.86. The van der Waals surface area contributed by atoms with Crippen LogP contribution < -0.4 is 11.1 Å². The quantitative estimate of drug-likeness (QED) is 0.571. The number of nitrogens with zero attached hydrogens (tertiary/aromatic N) is 1. The van der Waals surface area contributed by atoms with Crippen molar-refractivity contribution in [2.75, 3.05) is 40.3 Å². The molecule has 0 heterocycles. The molecule has 13 heavy (non-hydrogen) atoms. The summed E-state index contributed by atoms with van der Waals surface area (Å²) in [6, 6.07) is 0. The number of hydrogen-bond acceptors (Lipinski definition) is 3. The number of rotatable bonds is 7. The lowest BCUT2D eigenvalue weighted by Crippen LogP contribution is -2.36. The van der Waals surface area contributed by atoms with Crippen LogP contribution >= 0.6 is 0 Å². The fraction of sp³-hybridized carbons (Fsp3) is 1.00. The van der Waals surface area contributed by atoms with Crippen LogP contribution in [0.1, 0.15) is 20.3 Å². The van der Waals surface area contributed by atoms with Crippen molar-refractivity contribution in [3.63, 3.8) is 0 Å². The van der Waals surface area contributed by atoms with Crippen LogP contribution in [-0.2, 0) is 0 Å². The molecular weight excluding hydrogens is 162 g/mol. The van der Waals surface area contributed by atoms with Crippen molar-refractivity contribution in [2.24, 2.45) is 11.1 Å². The summed E-state index contributed by atoms with van der Waals surface area (Å²) in [6.45, 7) is 8.36. The topological polar surface area (TPSA) is 41.3 Å². The molecule has 0 radical (unpaired) electrons. The van der Waals surface area contributed by atoms with Crippen molar-refractivity contribution in [1.82, 2.24) is 10.2 Å². The molecule has 0 saturated carbocycles. The fourth-order valence-corrected chi connectivity index (χ4v) is 1.02. The highest BCUT2D eigenvalue weighted by atomic mass is 15.1. The van der Waals surface area contributed by atoms with Crippen LogP contribution in [0.2, 0.25) is 0 Å². The molecule has 0 saturated heterocycles. The zero-order valence-electron chi connectivity index (χ0n) is 9.56. The standard InChI is InChI=1S/C10H25N3/c1-10(2,8-11)9-12-6-5-7-13(3)4/h12H,5-9,11H2,1-4H3. The molecule has 0 aliphatic rings. The normalized spacial score (nSPS) is 12.5. The summed E-state index contributed by atoms with van der Waals surface area (Å²) in [5, 5.41) is 3.43. The minimum atomic E-state index is 0.234. The average molecular weight is 187 g/mol. The third-order valence-corrected chi connectivity index (χ3v) is 2.12. The minimum absolute atomic E-state index is 0.234. The molecule has 0 aliphatic carbocycles. The predicted molar refractivity (Wildman–Crippen MR) is 58.9 cm³/mol. The van der Waals surface area contributed by atoms with Crippen LogP contribution in [0, 0.1) is 5.41 Å². The molecule has 0 amide bonds. The Hall–Kier alpha value is -0.120. The van der Waals surface area contributed by atoms with Gasteiger partial charge in [-0.2, -0.15) is 0 Å². The van der Waals surface area contributed by atoms with Gasteiger partial charge in [0.15, 0.2) is 0 Å². The SMILES string of the molecule is CN(C)CCCNCC(C)(C)CN. The van der Waals surface area contributed by atoms with Crippen molar-refractivity contribution >= 4 is 0 Å². The molecule has 0 aromatic carbocycles. The monoisotopic (exact) mass is 187 g/mol. The van der Waals surface area contributed by atoms with E-state index in [0.29, 0.717) is 0 Å². The molecule has 0 rings (SSSR count). The molecule has 0 atom stereocenters. The van der Waals surface area contributed by atoms with Gasteiger partial charge in [0, 0.05) is 6.54 Å². The first-order chi connectivity index (χ1) is 5.98. The van der Waals surface area contributed by atoms with E-state index in [9.17, 15) is 0 Å². The predicted octanol–water partition coefficient (Wildman–Crippen LogP) is 0.513. The largest absolute Gasteiger partial charge is 0.330 e. The van der Waals surface area contributed by atoms with E-state index in [-0.39, 0.29) is 5.41 Å². The maximum atomic E-state index is 5.62. The Morgan fingerprint density at radius 2 is 1.92 bits per heavy atom. The van der Waals surface area contributed by atoms with E-state index >= 15 is 0 Å². The summed E-state index contributed by atoms with van der Waals surface area (Å²) in [7, 11) is 4.20. The Morgan fingerprint density at radius 3 is 2.38 bits per heavy atom. The van der Waals surface area contributed by atoms with Crippen molar-refractivity contribution in [3.05, 3.63) is 0 Å². The lowest BCUT2D eigenvalue weighted by Gasteiger charge is -2.22. The summed E-state index contributed by atoms with van der Waals surface area (Å²) in [4.78, 5) is 2.20. The van der Waals surface area contributed by atoms with Gasteiger partial charge in [-0.15, -0.1) is 0 Å². The first-order valence-corrected chi connectivity index (χ1v) is 5.03. The van der Waals surface area contributed by atoms with Crippen molar-refractivity contribution in [1.29, 1.82) is 0 Å². The zero-order valence-corrected chi connectivity index (χ0v) is 9.56. The minimum Gasteiger partial charge on any atom is -0.330 e. The molecule has 3 heteroatoms. The molecule has 0 unspecified atom stereocenters. The highest BCUT2D eigenvalue weighted by Crippen LogP contribution is 2.09. The van der Waals surface area contributed by atoms with Gasteiger partial charge >= 0.3 is 0 Å². The van der Waals surface area contributed by atoms with Crippen molar-refractivity contribution < 1.29 is 0 Å². The first kappa shape index (κ1) is 12.9. The summed E-state index contributed by atoms with van der Waals surface area (Å²) >= 11 is 0. The molecule has 0 spiro atoms. The Labute approximate surface area is 82.7 Å². The number of nitrogens with two attached hydrogens (primary N) is 1. The molecule has 0 bridgehead atoms. The van der Waals surface area contributed by atoms with Gasteiger partial charge in [0.2, 0.25) is 0 Å². The van der Waals surface area contributed by atoms with E-state index in [1.807, 2.05) is 0 Å². The molecule has 0 aromatic heterocycles. The molecule has 3 N–H and O–H groups in total. The van der Waals surface area contributed by atoms with Gasteiger partial charge in [-0.05, 0) is 45.6 Å². The van der Waals surface area contributed by atoms with E-state index in [0.717, 1.165) is 26.2 Å². The third-order valence-electron chi connectivity index (χ3n) is 2.12. The first-order valence-electron chi connectivity index (χ1n) is 5.03. The Balaban J connectivity index is 3.26. The van der Waals surface area contributed by atoms with Crippen molar-refractivity contribution in [2.45, 2.75) is 20.3 Å². The Bertz CT molecular complexity index is 121. The van der Waals surface area contributed by atoms with Crippen LogP contribution in [0.3, 0.4) is 0 Å². The van der Waals surface area contributed by atoms with Crippen molar-refractivity contribution in [3.8, 4) is 0 Å². The summed E-state index contributed by atoms with van der Waals surface area (Å²) in [5.74, 6) is 0. The van der Waals surface area contributed by atoms with Gasteiger partial charge in [-0.1, -0.05) is 13.8 Å². The Kier molecular flexibility index (Phi) is 6.29. The fourth-order valence-electron chi connectivity index (χ4n) is 1.02. The van der Waals surface area contributed by atoms with E-state index in [2.05, 4.69) is 38.2 Å². The molecular formula is C10H25N3. The molecule has 0 aromatic rings. The van der Waals surface area contributed by atoms with Gasteiger partial charge in [0.25, 0.3) is 0 Å². The average Bonchev–Trinajstić information content (AvgIpc) is 2.03. The number of hydrogen-bond donors (Lipinski definition) is 2. The zero-order chi connectivity index (χ0) is 10.3. The molecule has 0 fully saturated rings. The molecule has 3 nitrogen and oxygen atoms in total. The second kappa shape index (κ2) is 6.35. The van der Waals surface area contributed by atoms with E-state index in [1.54, 1.807) is 0 Å². The summed E-state index contributed by atoms with van der Waals surface area (Å²) in [6.07, 6.45) is 1.20. The lowest BCUT2D eigenvalue weighted by atomic mass is 9.94. The van der Waals surface area contributed by atoms with Gasteiger partial charge in [0.05, 0.1) is 0 Å². The van der Waals surface area contributed by atoms with Gasteiger partial charge in [-0.3, -0.25) is 0 Å². The van der Waals surface area contributed by atoms with Crippen LogP contribution in [0.4, 0.5) is 0 Å². The van der Waals surface area contributed by atoms with Gasteiger partial charge in [-0.25, -0.2) is 0 Å². The second-order valence-electron chi connectivity index (χ2n) is 4.70. The highest BCUT2D eigenvalue weighted by molar-refractivity contribution is 4.71.